The molecule has 0 aromatic carbocycles. The lowest BCUT2D eigenvalue weighted by molar-refractivity contribution is 0.573. The van der Waals surface area contributed by atoms with Crippen LogP contribution in [-0.4, -0.2) is 39.9 Å². The van der Waals surface area contributed by atoms with E-state index in [0.29, 0.717) is 34.3 Å². The molecule has 4 rings (SSSR count). The van der Waals surface area contributed by atoms with Crippen molar-refractivity contribution in [3.8, 4) is 18.0 Å². The number of rotatable bonds is 5. The summed E-state index contributed by atoms with van der Waals surface area (Å²) < 4.78 is 1.46. The fourth-order valence-corrected chi connectivity index (χ4v) is 3.70. The van der Waals surface area contributed by atoms with Crippen LogP contribution in [0.2, 0.25) is 0 Å². The number of hydrogen-bond acceptors (Lipinski definition) is 9. The Bertz CT molecular complexity index is 1220. The van der Waals surface area contributed by atoms with Crippen molar-refractivity contribution >= 4 is 23.1 Å². The number of nitrogens with zero attached hydrogens (tertiary/aromatic N) is 9. The first-order valence-corrected chi connectivity index (χ1v) is 10.4. The Morgan fingerprint density at radius 1 is 1.09 bits per heavy atom. The molecule has 32 heavy (non-hydrogen) atoms. The van der Waals surface area contributed by atoms with Crippen LogP contribution in [0.25, 0.3) is 5.82 Å². The molecule has 10 nitrogen and oxygen atoms in total. The summed E-state index contributed by atoms with van der Waals surface area (Å²) in [6.45, 7) is 3.59. The van der Waals surface area contributed by atoms with Gasteiger partial charge in [-0.3, -0.25) is 0 Å². The molecule has 1 saturated heterocycles. The highest BCUT2D eigenvalue weighted by Crippen LogP contribution is 2.37. The number of azo groups is 1. The molecule has 1 aliphatic heterocycles. The highest BCUT2D eigenvalue weighted by molar-refractivity contribution is 5.74. The zero-order chi connectivity index (χ0) is 22.5. The minimum absolute atomic E-state index is 0.256. The van der Waals surface area contributed by atoms with Gasteiger partial charge in [-0.05, 0) is 38.3 Å². The Hall–Kier alpha value is -4.31. The standard InChI is InChI=1S/C22H22N10/c1-15-17(13-24)22(31-10-6-3-7-11-31)28-20(25-2)19(15)29-30-21-16(12-23)14-27-32(21)18-8-4-5-9-26-18/h4-5,8-9,14H,3,6-7,10-11H2,1-2H3,(H,25,28)/b30-29+. The highest BCUT2D eigenvalue weighted by atomic mass is 15.4. The van der Waals surface area contributed by atoms with Crippen LogP contribution in [0.5, 0.6) is 0 Å². The lowest BCUT2D eigenvalue weighted by atomic mass is 10.1. The average molecular weight is 426 g/mol. The quantitative estimate of drug-likeness (QED) is 0.606. The van der Waals surface area contributed by atoms with E-state index >= 15 is 0 Å². The van der Waals surface area contributed by atoms with Gasteiger partial charge in [0.15, 0.2) is 17.5 Å². The summed E-state index contributed by atoms with van der Waals surface area (Å²) in [7, 11) is 1.76. The molecule has 0 unspecified atom stereocenters. The van der Waals surface area contributed by atoms with E-state index in [-0.39, 0.29) is 11.4 Å². The topological polar surface area (TPSA) is 131 Å². The SMILES string of the molecule is CNc1nc(N2CCCCC2)c(C#N)c(C)c1/N=N/c1c(C#N)cnn1-c1ccccn1. The summed E-state index contributed by atoms with van der Waals surface area (Å²) in [6, 6.07) is 9.76. The molecule has 3 aromatic heterocycles. The zero-order valence-corrected chi connectivity index (χ0v) is 17.9. The van der Waals surface area contributed by atoms with Crippen LogP contribution >= 0.6 is 0 Å². The van der Waals surface area contributed by atoms with Crippen LogP contribution in [0.1, 0.15) is 36.0 Å². The van der Waals surface area contributed by atoms with Gasteiger partial charge in [-0.2, -0.15) is 20.3 Å². The number of piperidine rings is 1. The van der Waals surface area contributed by atoms with Crippen LogP contribution < -0.4 is 10.2 Å². The zero-order valence-electron chi connectivity index (χ0n) is 17.9. The maximum absolute atomic E-state index is 9.87. The van der Waals surface area contributed by atoms with Crippen molar-refractivity contribution in [2.24, 2.45) is 10.2 Å². The van der Waals surface area contributed by atoms with Crippen molar-refractivity contribution in [2.45, 2.75) is 26.2 Å². The van der Waals surface area contributed by atoms with Crippen molar-refractivity contribution in [3.05, 3.63) is 47.3 Å². The van der Waals surface area contributed by atoms with E-state index in [1.165, 1.54) is 17.3 Å². The molecule has 1 fully saturated rings. The number of nitrogens with one attached hydrogen (secondary N) is 1. The predicted octanol–water partition coefficient (Wildman–Crippen LogP) is 4.16. The van der Waals surface area contributed by atoms with Crippen LogP contribution in [-0.2, 0) is 0 Å². The molecule has 160 valence electrons. The number of pyridine rings is 2. The van der Waals surface area contributed by atoms with E-state index in [0.717, 1.165) is 25.9 Å². The summed E-state index contributed by atoms with van der Waals surface area (Å²) in [4.78, 5) is 11.1. The Morgan fingerprint density at radius 2 is 1.91 bits per heavy atom. The Balaban J connectivity index is 1.80. The average Bonchev–Trinajstić information content (AvgIpc) is 3.26. The van der Waals surface area contributed by atoms with Crippen molar-refractivity contribution in [3.63, 3.8) is 0 Å². The normalized spacial score (nSPS) is 13.7. The third kappa shape index (κ3) is 3.86. The first-order valence-electron chi connectivity index (χ1n) is 10.4. The molecule has 1 N–H and O–H groups in total. The maximum Gasteiger partial charge on any atom is 0.197 e. The molecular weight excluding hydrogens is 404 g/mol. The summed E-state index contributed by atoms with van der Waals surface area (Å²) >= 11 is 0. The van der Waals surface area contributed by atoms with Gasteiger partial charge in [-0.15, -0.1) is 10.2 Å². The van der Waals surface area contributed by atoms with Gasteiger partial charge in [-0.1, -0.05) is 6.07 Å². The molecular formula is C22H22N10. The third-order valence-electron chi connectivity index (χ3n) is 5.38. The van der Waals surface area contributed by atoms with E-state index in [1.54, 1.807) is 25.4 Å². The summed E-state index contributed by atoms with van der Waals surface area (Å²) in [5, 5.41) is 35.4. The lowest BCUT2D eigenvalue weighted by Crippen LogP contribution is -2.31. The van der Waals surface area contributed by atoms with Crippen molar-refractivity contribution in [1.29, 1.82) is 10.5 Å². The number of hydrogen-bond donors (Lipinski definition) is 1. The van der Waals surface area contributed by atoms with Crippen molar-refractivity contribution in [2.75, 3.05) is 30.4 Å². The van der Waals surface area contributed by atoms with E-state index in [1.807, 2.05) is 13.0 Å². The lowest BCUT2D eigenvalue weighted by Gasteiger charge is -2.29. The molecule has 10 heteroatoms. The molecule has 0 spiro atoms. The van der Waals surface area contributed by atoms with Gasteiger partial charge in [0.2, 0.25) is 0 Å². The molecule has 4 heterocycles. The van der Waals surface area contributed by atoms with E-state index in [4.69, 9.17) is 4.98 Å². The summed E-state index contributed by atoms with van der Waals surface area (Å²) in [5.41, 5.74) is 1.88. The molecule has 3 aromatic rings. The second-order valence-electron chi connectivity index (χ2n) is 7.34. The maximum atomic E-state index is 9.87. The molecule has 0 saturated carbocycles. The Morgan fingerprint density at radius 3 is 2.56 bits per heavy atom. The Kier molecular flexibility index (Phi) is 6.04. The highest BCUT2D eigenvalue weighted by Gasteiger charge is 2.22. The molecule has 0 aliphatic carbocycles. The molecule has 1 aliphatic rings. The molecule has 0 radical (unpaired) electrons. The molecule has 0 amide bonds. The van der Waals surface area contributed by atoms with E-state index in [9.17, 15) is 10.5 Å². The van der Waals surface area contributed by atoms with Gasteiger partial charge < -0.3 is 10.2 Å². The number of nitriles is 2. The van der Waals surface area contributed by atoms with E-state index < -0.39 is 0 Å². The van der Waals surface area contributed by atoms with Crippen LogP contribution in [0.3, 0.4) is 0 Å². The van der Waals surface area contributed by atoms with Gasteiger partial charge in [-0.25, -0.2) is 9.97 Å². The minimum Gasteiger partial charge on any atom is -0.371 e. The fraction of sp³-hybridized carbons (Fsp3) is 0.318. The van der Waals surface area contributed by atoms with Gasteiger partial charge in [0, 0.05) is 31.9 Å². The summed E-state index contributed by atoms with van der Waals surface area (Å²) in [6.07, 6.45) is 6.41. The molecule has 0 bridgehead atoms. The fourth-order valence-electron chi connectivity index (χ4n) is 3.70. The van der Waals surface area contributed by atoms with Crippen LogP contribution in [0, 0.1) is 29.6 Å². The summed E-state index contributed by atoms with van der Waals surface area (Å²) in [5.74, 6) is 1.97. The first kappa shape index (κ1) is 20.9. The van der Waals surface area contributed by atoms with Gasteiger partial charge in [0.1, 0.15) is 29.2 Å². The Labute approximate surface area is 185 Å². The van der Waals surface area contributed by atoms with Crippen molar-refractivity contribution < 1.29 is 0 Å². The van der Waals surface area contributed by atoms with Crippen LogP contribution in [0.15, 0.2) is 40.8 Å². The minimum atomic E-state index is 0.256. The predicted molar refractivity (Wildman–Crippen MR) is 120 cm³/mol. The van der Waals surface area contributed by atoms with Crippen molar-refractivity contribution in [1.82, 2.24) is 19.7 Å². The van der Waals surface area contributed by atoms with Gasteiger partial charge in [0.05, 0.1) is 11.8 Å². The van der Waals surface area contributed by atoms with Gasteiger partial charge >= 0.3 is 0 Å². The first-order chi connectivity index (χ1) is 15.7. The smallest absolute Gasteiger partial charge is 0.197 e. The van der Waals surface area contributed by atoms with E-state index in [2.05, 4.69) is 42.7 Å². The third-order valence-corrected chi connectivity index (χ3v) is 5.38. The number of anilines is 2. The van der Waals surface area contributed by atoms with Crippen LogP contribution in [0.4, 0.5) is 23.1 Å². The monoisotopic (exact) mass is 426 g/mol. The largest absolute Gasteiger partial charge is 0.371 e. The second kappa shape index (κ2) is 9.23. The number of aromatic nitrogens is 4. The van der Waals surface area contributed by atoms with Gasteiger partial charge in [0.25, 0.3) is 0 Å². The second-order valence-corrected chi connectivity index (χ2v) is 7.34. The molecule has 0 atom stereocenters.